The highest BCUT2D eigenvalue weighted by molar-refractivity contribution is 6.37. The van der Waals surface area contributed by atoms with E-state index in [0.717, 1.165) is 0 Å². The summed E-state index contributed by atoms with van der Waals surface area (Å²) in [5.41, 5.74) is 5.29. The first-order valence-electron chi connectivity index (χ1n) is 12.5. The van der Waals surface area contributed by atoms with Gasteiger partial charge < -0.3 is 0 Å². The lowest BCUT2D eigenvalue weighted by atomic mass is 9.91. The zero-order chi connectivity index (χ0) is 23.6. The van der Waals surface area contributed by atoms with Crippen LogP contribution in [0.5, 0.6) is 0 Å². The van der Waals surface area contributed by atoms with Crippen LogP contribution in [-0.2, 0) is 0 Å². The molecule has 0 aromatic heterocycles. The molecule has 8 rings (SSSR count). The highest BCUT2D eigenvalue weighted by Gasteiger charge is 2.25. The van der Waals surface area contributed by atoms with E-state index in [2.05, 4.69) is 133 Å². The summed E-state index contributed by atoms with van der Waals surface area (Å²) in [7, 11) is 0. The largest absolute Gasteiger partial charge is 0.0616 e. The first-order valence-corrected chi connectivity index (χ1v) is 12.5. The minimum Gasteiger partial charge on any atom is -0.0616 e. The maximum Gasteiger partial charge on any atom is -0.000741 e. The quantitative estimate of drug-likeness (QED) is 0.216. The van der Waals surface area contributed by atoms with Crippen molar-refractivity contribution < 1.29 is 0 Å². The average molecular weight is 455 g/mol. The molecule has 0 fully saturated rings. The Bertz CT molecular complexity index is 2090. The molecule has 0 aliphatic heterocycles. The van der Waals surface area contributed by atoms with Crippen molar-refractivity contribution in [2.24, 2.45) is 0 Å². The van der Waals surface area contributed by atoms with Gasteiger partial charge in [-0.25, -0.2) is 0 Å². The Hall–Kier alpha value is -4.68. The first kappa shape index (κ1) is 19.6. The van der Waals surface area contributed by atoms with Crippen LogP contribution < -0.4 is 0 Å². The molecule has 0 radical (unpaired) electrons. The van der Waals surface area contributed by atoms with Gasteiger partial charge in [0.25, 0.3) is 0 Å². The van der Waals surface area contributed by atoms with Crippen LogP contribution in [0, 0.1) is 0 Å². The van der Waals surface area contributed by atoms with Gasteiger partial charge in [-0.15, -0.1) is 0 Å². The number of fused-ring (bicyclic) bond motifs is 11. The molecule has 166 valence electrons. The molecule has 2 aliphatic carbocycles. The van der Waals surface area contributed by atoms with Crippen molar-refractivity contribution in [1.29, 1.82) is 0 Å². The number of rotatable bonds is 1. The Labute approximate surface area is 209 Å². The molecule has 6 aromatic carbocycles. The molecule has 0 spiro atoms. The summed E-state index contributed by atoms with van der Waals surface area (Å²) >= 11 is 0. The number of hydrogen-bond donors (Lipinski definition) is 0. The molecular weight excluding hydrogens is 432 g/mol. The summed E-state index contributed by atoms with van der Waals surface area (Å²) in [5.74, 6) is 0. The average Bonchev–Trinajstić information content (AvgIpc) is 3.16. The van der Waals surface area contributed by atoms with E-state index in [1.165, 1.54) is 76.1 Å². The summed E-state index contributed by atoms with van der Waals surface area (Å²) in [5, 5.41) is 13.1. The highest BCUT2D eigenvalue weighted by Crippen LogP contribution is 2.53. The smallest absolute Gasteiger partial charge is 0.000741 e. The maximum atomic E-state index is 2.33. The molecule has 0 atom stereocenters. The van der Waals surface area contributed by atoms with Gasteiger partial charge in [0.05, 0.1) is 0 Å². The van der Waals surface area contributed by atoms with Crippen LogP contribution in [0.3, 0.4) is 0 Å². The predicted octanol–water partition coefficient (Wildman–Crippen LogP) is 10.2. The molecular formula is C36H22. The van der Waals surface area contributed by atoms with E-state index in [0.29, 0.717) is 0 Å². The standard InChI is InChI=1S/C36H22/c1-3-15-25-23(11-1)13-9-21-29(25)35-33-26-16-4-2-12-24(26)14-10-22-32(33)34-30-19-7-5-17-27(30)28-18-6-8-20-31(28)36(34)35/h1-22H. The normalized spacial score (nSPS) is 11.9. The first-order chi connectivity index (χ1) is 17.9. The second kappa shape index (κ2) is 7.41. The van der Waals surface area contributed by atoms with Crippen LogP contribution in [0.1, 0.15) is 0 Å². The van der Waals surface area contributed by atoms with Gasteiger partial charge in [0.1, 0.15) is 0 Å². The van der Waals surface area contributed by atoms with Crippen molar-refractivity contribution >= 4 is 53.9 Å². The van der Waals surface area contributed by atoms with Crippen molar-refractivity contribution in [1.82, 2.24) is 0 Å². The summed E-state index contributed by atoms with van der Waals surface area (Å²) in [6.45, 7) is 0. The molecule has 0 saturated heterocycles. The van der Waals surface area contributed by atoms with Crippen LogP contribution in [0.15, 0.2) is 133 Å². The summed E-state index contributed by atoms with van der Waals surface area (Å²) in [6.07, 6.45) is 0. The van der Waals surface area contributed by atoms with Gasteiger partial charge in [-0.2, -0.15) is 0 Å². The topological polar surface area (TPSA) is 0 Å². The molecule has 6 aromatic rings. The van der Waals surface area contributed by atoms with E-state index in [9.17, 15) is 0 Å². The Morgan fingerprint density at radius 3 is 1.36 bits per heavy atom. The second-order valence-corrected chi connectivity index (χ2v) is 9.64. The van der Waals surface area contributed by atoms with Gasteiger partial charge in [0, 0.05) is 0 Å². The van der Waals surface area contributed by atoms with Crippen molar-refractivity contribution in [2.45, 2.75) is 0 Å². The second-order valence-electron chi connectivity index (χ2n) is 9.64. The van der Waals surface area contributed by atoms with E-state index < -0.39 is 0 Å². The molecule has 0 heteroatoms. The minimum atomic E-state index is 1.26. The fourth-order valence-electron chi connectivity index (χ4n) is 6.34. The van der Waals surface area contributed by atoms with Crippen LogP contribution in [0.4, 0.5) is 0 Å². The van der Waals surface area contributed by atoms with Gasteiger partial charge in [-0.3, -0.25) is 0 Å². The summed E-state index contributed by atoms with van der Waals surface area (Å²) in [4.78, 5) is 0. The van der Waals surface area contributed by atoms with Crippen LogP contribution in [0.25, 0.3) is 76.1 Å². The summed E-state index contributed by atoms with van der Waals surface area (Å²) in [6, 6.07) is 49.0. The number of hydrogen-bond acceptors (Lipinski definition) is 0. The van der Waals surface area contributed by atoms with Crippen LogP contribution >= 0.6 is 0 Å². The van der Waals surface area contributed by atoms with Crippen LogP contribution in [-0.4, -0.2) is 0 Å². The lowest BCUT2D eigenvalue weighted by Gasteiger charge is -2.12. The molecule has 0 heterocycles. The van der Waals surface area contributed by atoms with Crippen molar-refractivity contribution in [3.05, 3.63) is 133 Å². The fraction of sp³-hybridized carbons (Fsp3) is 0. The zero-order valence-corrected chi connectivity index (χ0v) is 19.7. The van der Waals surface area contributed by atoms with Crippen molar-refractivity contribution in [2.75, 3.05) is 0 Å². The maximum absolute atomic E-state index is 2.33. The van der Waals surface area contributed by atoms with E-state index in [1.807, 2.05) is 0 Å². The molecule has 36 heavy (non-hydrogen) atoms. The molecule has 0 amide bonds. The lowest BCUT2D eigenvalue weighted by Crippen LogP contribution is -1.84. The van der Waals surface area contributed by atoms with E-state index in [1.54, 1.807) is 0 Å². The van der Waals surface area contributed by atoms with Gasteiger partial charge in [-0.1, -0.05) is 133 Å². The fourth-order valence-corrected chi connectivity index (χ4v) is 6.34. The van der Waals surface area contributed by atoms with Crippen molar-refractivity contribution in [3.63, 3.8) is 0 Å². The van der Waals surface area contributed by atoms with E-state index >= 15 is 0 Å². The van der Waals surface area contributed by atoms with E-state index in [4.69, 9.17) is 0 Å². The molecule has 0 saturated carbocycles. The third-order valence-electron chi connectivity index (χ3n) is 7.80. The Morgan fingerprint density at radius 1 is 0.250 bits per heavy atom. The van der Waals surface area contributed by atoms with Gasteiger partial charge in [-0.05, 0) is 76.1 Å². The van der Waals surface area contributed by atoms with Gasteiger partial charge >= 0.3 is 0 Å². The van der Waals surface area contributed by atoms with Crippen molar-refractivity contribution in [3.8, 4) is 22.3 Å². The zero-order valence-electron chi connectivity index (χ0n) is 19.7. The Morgan fingerprint density at radius 2 is 0.694 bits per heavy atom. The van der Waals surface area contributed by atoms with Crippen LogP contribution in [0.2, 0.25) is 0 Å². The number of benzene rings is 6. The molecule has 0 unspecified atom stereocenters. The van der Waals surface area contributed by atoms with Gasteiger partial charge in [0.15, 0.2) is 0 Å². The predicted molar refractivity (Wildman–Crippen MR) is 156 cm³/mol. The molecule has 0 bridgehead atoms. The Balaban J connectivity index is 1.76. The SMILES string of the molecule is c1ccc2c(-c3c4c5ccccc5cccc-4c4c5ccccc5c5ccccc5c34)cccc2c1. The minimum absolute atomic E-state index is 1.26. The van der Waals surface area contributed by atoms with E-state index in [-0.39, 0.29) is 0 Å². The molecule has 2 aliphatic rings. The molecule has 0 N–H and O–H groups in total. The van der Waals surface area contributed by atoms with Gasteiger partial charge in [0.2, 0.25) is 0 Å². The Kier molecular flexibility index (Phi) is 4.03. The third kappa shape index (κ3) is 2.59. The molecule has 0 nitrogen and oxygen atoms in total. The lowest BCUT2D eigenvalue weighted by molar-refractivity contribution is 1.72. The third-order valence-corrected chi connectivity index (χ3v) is 7.80. The highest BCUT2D eigenvalue weighted by atomic mass is 14.3. The summed E-state index contributed by atoms with van der Waals surface area (Å²) < 4.78 is 0. The monoisotopic (exact) mass is 454 g/mol.